The summed E-state index contributed by atoms with van der Waals surface area (Å²) in [5.41, 5.74) is -0.707. The van der Waals surface area contributed by atoms with Crippen LogP contribution in [0, 0.1) is 41.6 Å². The number of benzene rings is 4. The number of aliphatic hydroxyl groups excluding tert-OH is 2. The molecular formula is C48H48N4O8. The van der Waals surface area contributed by atoms with Gasteiger partial charge >= 0.3 is 0 Å². The fourth-order valence-corrected chi connectivity index (χ4v) is 12.4. The standard InChI is InChI=1S/2C24H24N2O4/c1-3-10-23-11-12-24(30-23,13-14-27)20-19(23)21(28)26(22(20)29)18-9-8-17(25-2)15-6-4-5-7-16(15)18;1-2-9-23-10-11-24(30-23,12-13-27)20-19(23)21(28)26(22(20)29)18-8-7-15(14-25)16-5-3-4-6-17(16)18/h4-9,19-20,27H,3,10-14H2,1H3;3-8,19-20,27H,2,9-13H2,1H3/t2*19-,20+,23?,24?/m10/s1. The van der Waals surface area contributed by atoms with Crippen LogP contribution in [-0.4, -0.2) is 69.5 Å². The average molecular weight is 809 g/mol. The van der Waals surface area contributed by atoms with E-state index in [1.165, 1.54) is 9.80 Å². The third-order valence-electron chi connectivity index (χ3n) is 14.6. The van der Waals surface area contributed by atoms with Gasteiger partial charge in [0, 0.05) is 36.8 Å². The lowest BCUT2D eigenvalue weighted by atomic mass is 9.65. The maximum absolute atomic E-state index is 13.7. The van der Waals surface area contributed by atoms with Crippen LogP contribution in [0.2, 0.25) is 0 Å². The Labute approximate surface area is 348 Å². The van der Waals surface area contributed by atoms with Crippen molar-refractivity contribution in [1.29, 1.82) is 5.26 Å². The van der Waals surface area contributed by atoms with Crippen LogP contribution in [0.4, 0.5) is 17.1 Å². The molecular weight excluding hydrogens is 761 g/mol. The molecule has 4 bridgehead atoms. The molecule has 2 N–H and O–H groups in total. The van der Waals surface area contributed by atoms with E-state index in [0.29, 0.717) is 53.7 Å². The number of nitriles is 1. The number of hydrogen-bond donors (Lipinski definition) is 2. The molecule has 6 fully saturated rings. The highest BCUT2D eigenvalue weighted by molar-refractivity contribution is 6.27. The maximum atomic E-state index is 13.7. The molecule has 6 aliphatic rings. The number of hydrogen-bond acceptors (Lipinski definition) is 9. The molecule has 0 radical (unpaired) electrons. The van der Waals surface area contributed by atoms with Crippen LogP contribution < -0.4 is 9.80 Å². The molecule has 4 unspecified atom stereocenters. The molecule has 4 aromatic rings. The fraction of sp³-hybridized carbons (Fsp3) is 0.458. The van der Waals surface area contributed by atoms with Gasteiger partial charge in [-0.2, -0.15) is 5.26 Å². The zero-order valence-corrected chi connectivity index (χ0v) is 33.9. The van der Waals surface area contributed by atoms with Gasteiger partial charge in [0.25, 0.3) is 0 Å². The van der Waals surface area contributed by atoms with E-state index < -0.39 is 46.1 Å². The van der Waals surface area contributed by atoms with Gasteiger partial charge < -0.3 is 19.7 Å². The van der Waals surface area contributed by atoms with E-state index in [2.05, 4.69) is 24.8 Å². The van der Waals surface area contributed by atoms with E-state index in [1.807, 2.05) is 48.5 Å². The van der Waals surface area contributed by atoms with E-state index in [0.717, 1.165) is 54.7 Å². The van der Waals surface area contributed by atoms with E-state index in [1.54, 1.807) is 24.3 Å². The highest BCUT2D eigenvalue weighted by Crippen LogP contribution is 2.65. The zero-order chi connectivity index (χ0) is 42.2. The Hall–Kier alpha value is -5.50. The number of ether oxygens (including phenoxy) is 2. The summed E-state index contributed by atoms with van der Waals surface area (Å²) in [4.78, 5) is 61.0. The molecule has 0 aromatic heterocycles. The van der Waals surface area contributed by atoms with Crippen molar-refractivity contribution in [3.8, 4) is 6.07 Å². The molecule has 0 saturated carbocycles. The molecule has 60 heavy (non-hydrogen) atoms. The normalized spacial score (nSPS) is 32.1. The summed E-state index contributed by atoms with van der Waals surface area (Å²) in [6, 6.07) is 23.7. The second kappa shape index (κ2) is 14.6. The Morgan fingerprint density at radius 3 is 1.40 bits per heavy atom. The lowest BCUT2D eigenvalue weighted by Crippen LogP contribution is -2.43. The summed E-state index contributed by atoms with van der Waals surface area (Å²) in [7, 11) is 0. The fourth-order valence-electron chi connectivity index (χ4n) is 12.4. The van der Waals surface area contributed by atoms with Gasteiger partial charge in [0.15, 0.2) is 5.69 Å². The summed E-state index contributed by atoms with van der Waals surface area (Å²) < 4.78 is 12.9. The van der Waals surface area contributed by atoms with Crippen molar-refractivity contribution < 1.29 is 38.9 Å². The quantitative estimate of drug-likeness (QED) is 0.124. The summed E-state index contributed by atoms with van der Waals surface area (Å²) in [5, 5.41) is 31.7. The van der Waals surface area contributed by atoms with Gasteiger partial charge in [-0.25, -0.2) is 14.6 Å². The summed E-state index contributed by atoms with van der Waals surface area (Å²) in [6.45, 7) is 11.4. The molecule has 0 aliphatic carbocycles. The van der Waals surface area contributed by atoms with Gasteiger partial charge in [-0.3, -0.25) is 19.2 Å². The Kier molecular flexibility index (Phi) is 9.72. The van der Waals surface area contributed by atoms with Crippen LogP contribution in [0.25, 0.3) is 26.4 Å². The van der Waals surface area contributed by atoms with Gasteiger partial charge in [-0.1, -0.05) is 81.3 Å². The van der Waals surface area contributed by atoms with Gasteiger partial charge in [0.1, 0.15) is 0 Å². The number of anilines is 2. The lowest BCUT2D eigenvalue weighted by molar-refractivity contribution is -0.134. The van der Waals surface area contributed by atoms with Crippen LogP contribution in [0.3, 0.4) is 0 Å². The molecule has 0 spiro atoms. The van der Waals surface area contributed by atoms with E-state index in [9.17, 15) is 34.7 Å². The zero-order valence-electron chi connectivity index (χ0n) is 33.9. The number of nitrogens with zero attached hydrogens (tertiary/aromatic N) is 4. The first-order chi connectivity index (χ1) is 29.0. The van der Waals surface area contributed by atoms with Crippen LogP contribution in [-0.2, 0) is 28.7 Å². The molecule has 6 heterocycles. The highest BCUT2D eigenvalue weighted by atomic mass is 16.5. The second-order valence-electron chi connectivity index (χ2n) is 17.4. The van der Waals surface area contributed by atoms with Crippen molar-refractivity contribution in [3.05, 3.63) is 89.8 Å². The molecule has 4 amide bonds. The second-order valence-corrected chi connectivity index (χ2v) is 17.4. The Morgan fingerprint density at radius 1 is 0.617 bits per heavy atom. The van der Waals surface area contributed by atoms with Crippen LogP contribution >= 0.6 is 0 Å². The van der Waals surface area contributed by atoms with Crippen molar-refractivity contribution in [1.82, 2.24) is 0 Å². The highest BCUT2D eigenvalue weighted by Gasteiger charge is 2.76. The Balaban J connectivity index is 0.000000154. The van der Waals surface area contributed by atoms with E-state index >= 15 is 0 Å². The van der Waals surface area contributed by atoms with Gasteiger partial charge in [0.05, 0.1) is 75.7 Å². The molecule has 12 heteroatoms. The molecule has 8 atom stereocenters. The molecule has 308 valence electrons. The van der Waals surface area contributed by atoms with E-state index in [4.69, 9.17) is 16.0 Å². The van der Waals surface area contributed by atoms with Crippen molar-refractivity contribution in [2.75, 3.05) is 23.0 Å². The number of aliphatic hydroxyl groups is 2. The average Bonchev–Trinajstić information content (AvgIpc) is 4.06. The SMILES string of the molecule is CCCC12CCC(CCO)(O1)[C@H]1C(=O)N(c3ccc(C#N)c4ccccc34)C(=O)[C@H]12.[C-]#[N+]c1ccc(N2C(=O)[C@@H]3[C@H](C2=O)C2(CCC)CCC3(CCO)O2)c2ccccc12. The van der Waals surface area contributed by atoms with Crippen molar-refractivity contribution in [3.63, 3.8) is 0 Å². The molecule has 6 saturated heterocycles. The smallest absolute Gasteiger partial charge is 0.240 e. The maximum Gasteiger partial charge on any atom is 0.240 e. The summed E-state index contributed by atoms with van der Waals surface area (Å²) in [6.07, 6.45) is 6.77. The number of carbonyl (C=O) groups excluding carboxylic acids is 4. The first-order valence-electron chi connectivity index (χ1n) is 21.2. The van der Waals surface area contributed by atoms with Gasteiger partial charge in [-0.05, 0) is 67.5 Å². The largest absolute Gasteiger partial charge is 0.396 e. The van der Waals surface area contributed by atoms with Crippen LogP contribution in [0.1, 0.15) is 83.6 Å². The van der Waals surface area contributed by atoms with Crippen molar-refractivity contribution in [2.24, 2.45) is 23.7 Å². The lowest BCUT2D eigenvalue weighted by Gasteiger charge is -2.31. The predicted molar refractivity (Wildman–Crippen MR) is 223 cm³/mol. The third kappa shape index (κ3) is 5.41. The van der Waals surface area contributed by atoms with Crippen molar-refractivity contribution >= 4 is 62.2 Å². The molecule has 6 aliphatic heterocycles. The molecule has 4 aromatic carbocycles. The number of amides is 4. The number of fused-ring (bicyclic) bond motifs is 12. The topological polar surface area (TPSA) is 162 Å². The first-order valence-corrected chi connectivity index (χ1v) is 21.2. The van der Waals surface area contributed by atoms with E-state index in [-0.39, 0.29) is 36.8 Å². The van der Waals surface area contributed by atoms with Crippen LogP contribution in [0.15, 0.2) is 72.8 Å². The van der Waals surface area contributed by atoms with Crippen LogP contribution in [0.5, 0.6) is 0 Å². The monoisotopic (exact) mass is 808 g/mol. The Morgan fingerprint density at radius 2 is 1.00 bits per heavy atom. The number of carbonyl (C=O) groups is 4. The Bertz CT molecular complexity index is 2310. The summed E-state index contributed by atoms with van der Waals surface area (Å²) in [5.74, 6) is -3.05. The first kappa shape index (κ1) is 39.9. The molecule has 10 rings (SSSR count). The number of imide groups is 2. The number of rotatable bonds is 10. The molecule has 12 nitrogen and oxygen atoms in total. The minimum atomic E-state index is -0.765. The minimum Gasteiger partial charge on any atom is -0.396 e. The van der Waals surface area contributed by atoms with Crippen molar-refractivity contribution in [2.45, 2.75) is 100 Å². The predicted octanol–water partition coefficient (Wildman–Crippen LogP) is 7.28. The third-order valence-corrected chi connectivity index (χ3v) is 14.6. The van der Waals surface area contributed by atoms with Gasteiger partial charge in [0.2, 0.25) is 23.6 Å². The summed E-state index contributed by atoms with van der Waals surface area (Å²) >= 11 is 0. The van der Waals surface area contributed by atoms with Gasteiger partial charge in [-0.15, -0.1) is 0 Å². The minimum absolute atomic E-state index is 0.0739.